The van der Waals surface area contributed by atoms with E-state index in [4.69, 9.17) is 9.73 Å². The summed E-state index contributed by atoms with van der Waals surface area (Å²) in [4.78, 5) is 6.77. The number of phenols is 1. The molecule has 25 heavy (non-hydrogen) atoms. The predicted octanol–water partition coefficient (Wildman–Crippen LogP) is 1.77. The lowest BCUT2D eigenvalue weighted by molar-refractivity contribution is 0.373. The third-order valence-corrected chi connectivity index (χ3v) is 3.78. The second kappa shape index (κ2) is 8.96. The lowest BCUT2D eigenvalue weighted by Crippen LogP contribution is -2.38. The lowest BCUT2D eigenvalue weighted by Gasteiger charge is -2.21. The Kier molecular flexibility index (Phi) is 6.68. The van der Waals surface area contributed by atoms with Crippen molar-refractivity contribution < 1.29 is 9.84 Å². The van der Waals surface area contributed by atoms with Gasteiger partial charge in [0.25, 0.3) is 0 Å². The molecule has 136 valence electrons. The summed E-state index contributed by atoms with van der Waals surface area (Å²) in [7, 11) is 5.47. The summed E-state index contributed by atoms with van der Waals surface area (Å²) in [5.74, 6) is 1.50. The first kappa shape index (κ1) is 18.6. The molecule has 1 heterocycles. The van der Waals surface area contributed by atoms with Gasteiger partial charge in [0.15, 0.2) is 17.5 Å². The van der Waals surface area contributed by atoms with Gasteiger partial charge in [0, 0.05) is 45.5 Å². The van der Waals surface area contributed by atoms with Gasteiger partial charge in [-0.3, -0.25) is 9.67 Å². The third-order valence-electron chi connectivity index (χ3n) is 3.78. The number of hydrogen-bond acceptors (Lipinski definition) is 4. The van der Waals surface area contributed by atoms with Crippen molar-refractivity contribution in [2.24, 2.45) is 12.0 Å². The van der Waals surface area contributed by atoms with Crippen LogP contribution in [-0.4, -0.2) is 53.0 Å². The Morgan fingerprint density at radius 1 is 1.40 bits per heavy atom. The zero-order chi connectivity index (χ0) is 18.2. The Balaban J connectivity index is 1.98. The average Bonchev–Trinajstić information content (AvgIpc) is 3.00. The molecule has 0 bridgehead atoms. The van der Waals surface area contributed by atoms with Crippen LogP contribution in [0.15, 0.2) is 35.6 Å². The second-order valence-corrected chi connectivity index (χ2v) is 5.87. The number of guanidine groups is 1. The molecule has 0 amide bonds. The van der Waals surface area contributed by atoms with E-state index < -0.39 is 0 Å². The summed E-state index contributed by atoms with van der Waals surface area (Å²) in [5, 5.41) is 17.2. The van der Waals surface area contributed by atoms with E-state index in [0.29, 0.717) is 12.3 Å². The highest BCUT2D eigenvalue weighted by Gasteiger charge is 2.08. The van der Waals surface area contributed by atoms with Crippen LogP contribution in [0, 0.1) is 0 Å². The van der Waals surface area contributed by atoms with E-state index in [2.05, 4.69) is 22.2 Å². The highest BCUT2D eigenvalue weighted by Crippen LogP contribution is 2.26. The van der Waals surface area contributed by atoms with Crippen molar-refractivity contribution in [1.82, 2.24) is 20.0 Å². The number of ether oxygens (including phenoxy) is 1. The quantitative estimate of drug-likeness (QED) is 0.591. The fourth-order valence-corrected chi connectivity index (χ4v) is 2.54. The van der Waals surface area contributed by atoms with E-state index in [1.165, 1.54) is 0 Å². The molecule has 0 aliphatic carbocycles. The number of phenolic OH excluding ortho intramolecular Hbond substituents is 1. The van der Waals surface area contributed by atoms with Crippen LogP contribution in [0.4, 0.5) is 0 Å². The van der Waals surface area contributed by atoms with E-state index >= 15 is 0 Å². The van der Waals surface area contributed by atoms with Crippen molar-refractivity contribution in [1.29, 1.82) is 0 Å². The molecule has 1 aromatic carbocycles. The van der Waals surface area contributed by atoms with Crippen molar-refractivity contribution in [3.8, 4) is 11.5 Å². The molecule has 2 N–H and O–H groups in total. The summed E-state index contributed by atoms with van der Waals surface area (Å²) in [6.07, 6.45) is 4.64. The molecular weight excluding hydrogens is 318 g/mol. The molecule has 0 atom stereocenters. The number of methoxy groups -OCH3 is 1. The number of nitrogens with zero attached hydrogens (tertiary/aromatic N) is 4. The zero-order valence-corrected chi connectivity index (χ0v) is 15.4. The maximum absolute atomic E-state index is 9.66. The van der Waals surface area contributed by atoms with E-state index in [9.17, 15) is 5.11 Å². The van der Waals surface area contributed by atoms with Crippen LogP contribution in [0.2, 0.25) is 0 Å². The minimum atomic E-state index is 0.152. The third kappa shape index (κ3) is 5.41. The maximum atomic E-state index is 9.66. The number of aromatic hydroxyl groups is 1. The molecule has 0 saturated carbocycles. The molecule has 2 rings (SSSR count). The molecule has 0 aliphatic rings. The minimum Gasteiger partial charge on any atom is -0.504 e. The topological polar surface area (TPSA) is 74.9 Å². The molecule has 7 heteroatoms. The Morgan fingerprint density at radius 2 is 2.20 bits per heavy atom. The van der Waals surface area contributed by atoms with Gasteiger partial charge >= 0.3 is 0 Å². The first-order valence-electron chi connectivity index (χ1n) is 8.36. The zero-order valence-electron chi connectivity index (χ0n) is 15.4. The molecule has 2 aromatic rings. The molecule has 0 fully saturated rings. The summed E-state index contributed by atoms with van der Waals surface area (Å²) >= 11 is 0. The molecular formula is C18H27N5O2. The Hall–Kier alpha value is -2.70. The van der Waals surface area contributed by atoms with E-state index in [-0.39, 0.29) is 5.75 Å². The van der Waals surface area contributed by atoms with Crippen molar-refractivity contribution in [3.63, 3.8) is 0 Å². The van der Waals surface area contributed by atoms with Gasteiger partial charge in [-0.2, -0.15) is 5.10 Å². The first-order valence-corrected chi connectivity index (χ1v) is 8.36. The van der Waals surface area contributed by atoms with Crippen LogP contribution in [0.3, 0.4) is 0 Å². The molecule has 7 nitrogen and oxygen atoms in total. The van der Waals surface area contributed by atoms with Gasteiger partial charge in [0.1, 0.15) is 0 Å². The predicted molar refractivity (Wildman–Crippen MR) is 99.0 cm³/mol. The SMILES string of the molecule is CCNC(=NCCc1ccc(O)c(OC)c1)N(C)Cc1cnn(C)c1. The number of aryl methyl sites for hydroxylation is 1. The van der Waals surface area contributed by atoms with Crippen LogP contribution in [0.5, 0.6) is 11.5 Å². The fourth-order valence-electron chi connectivity index (χ4n) is 2.54. The lowest BCUT2D eigenvalue weighted by atomic mass is 10.1. The smallest absolute Gasteiger partial charge is 0.193 e. The van der Waals surface area contributed by atoms with Gasteiger partial charge in [-0.15, -0.1) is 0 Å². The standard InChI is InChI=1S/C18H27N5O2/c1-5-19-18(22(2)12-15-11-21-23(3)13-15)20-9-8-14-6-7-16(24)17(10-14)25-4/h6-7,10-11,13,24H,5,8-9,12H2,1-4H3,(H,19,20). The summed E-state index contributed by atoms with van der Waals surface area (Å²) in [6.45, 7) is 4.25. The van der Waals surface area contributed by atoms with Gasteiger partial charge in [0.05, 0.1) is 13.3 Å². The molecule has 0 aliphatic heterocycles. The number of nitrogens with one attached hydrogen (secondary N) is 1. The van der Waals surface area contributed by atoms with Crippen molar-refractivity contribution in [2.45, 2.75) is 19.9 Å². The van der Waals surface area contributed by atoms with E-state index in [1.54, 1.807) is 17.9 Å². The van der Waals surface area contributed by atoms with Gasteiger partial charge in [-0.25, -0.2) is 0 Å². The molecule has 1 aromatic heterocycles. The highest BCUT2D eigenvalue weighted by molar-refractivity contribution is 5.79. The van der Waals surface area contributed by atoms with Gasteiger partial charge in [-0.1, -0.05) is 6.07 Å². The van der Waals surface area contributed by atoms with Gasteiger partial charge in [0.2, 0.25) is 0 Å². The highest BCUT2D eigenvalue weighted by atomic mass is 16.5. The van der Waals surface area contributed by atoms with E-state index in [1.807, 2.05) is 38.6 Å². The number of hydrogen-bond donors (Lipinski definition) is 2. The Bertz CT molecular complexity index is 711. The Labute approximate surface area is 148 Å². The van der Waals surface area contributed by atoms with E-state index in [0.717, 1.165) is 36.6 Å². The van der Waals surface area contributed by atoms with Gasteiger partial charge < -0.3 is 20.1 Å². The number of aromatic nitrogens is 2. The van der Waals surface area contributed by atoms with Crippen LogP contribution in [0.1, 0.15) is 18.1 Å². The minimum absolute atomic E-state index is 0.152. The van der Waals surface area contributed by atoms with Crippen LogP contribution < -0.4 is 10.1 Å². The molecule has 0 radical (unpaired) electrons. The first-order chi connectivity index (χ1) is 12.0. The van der Waals surface area contributed by atoms with Crippen LogP contribution >= 0.6 is 0 Å². The number of benzene rings is 1. The maximum Gasteiger partial charge on any atom is 0.193 e. The molecule has 0 spiro atoms. The Morgan fingerprint density at radius 3 is 2.84 bits per heavy atom. The van der Waals surface area contributed by atoms with Crippen LogP contribution in [0.25, 0.3) is 0 Å². The number of aliphatic imine (C=N–C) groups is 1. The van der Waals surface area contributed by atoms with Crippen molar-refractivity contribution in [2.75, 3.05) is 27.2 Å². The normalized spacial score (nSPS) is 11.4. The average molecular weight is 345 g/mol. The summed E-state index contributed by atoms with van der Waals surface area (Å²) in [6, 6.07) is 5.38. The summed E-state index contributed by atoms with van der Waals surface area (Å²) < 4.78 is 6.94. The molecule has 0 saturated heterocycles. The fraction of sp³-hybridized carbons (Fsp3) is 0.444. The summed E-state index contributed by atoms with van der Waals surface area (Å²) in [5.41, 5.74) is 2.21. The second-order valence-electron chi connectivity index (χ2n) is 5.87. The van der Waals surface area contributed by atoms with Crippen molar-refractivity contribution in [3.05, 3.63) is 41.7 Å². The monoisotopic (exact) mass is 345 g/mol. The van der Waals surface area contributed by atoms with Gasteiger partial charge in [-0.05, 0) is 31.0 Å². The van der Waals surface area contributed by atoms with Crippen molar-refractivity contribution >= 4 is 5.96 Å². The molecule has 0 unspecified atom stereocenters. The number of rotatable bonds is 7. The van der Waals surface area contributed by atoms with Crippen LogP contribution in [-0.2, 0) is 20.0 Å². The largest absolute Gasteiger partial charge is 0.504 e.